The van der Waals surface area contributed by atoms with Crippen LogP contribution in [-0.2, 0) is 0 Å². The summed E-state index contributed by atoms with van der Waals surface area (Å²) < 4.78 is 102. The van der Waals surface area contributed by atoms with Gasteiger partial charge < -0.3 is 9.13 Å². The highest BCUT2D eigenvalue weighted by Crippen LogP contribution is 2.44. The van der Waals surface area contributed by atoms with Gasteiger partial charge in [0, 0.05) is 58.7 Å². The van der Waals surface area contributed by atoms with Gasteiger partial charge in [-0.1, -0.05) is 115 Å². The van der Waals surface area contributed by atoms with E-state index in [1.54, 1.807) is 4.57 Å². The molecule has 0 unspecified atom stereocenters. The molecule has 0 amide bonds. The summed E-state index contributed by atoms with van der Waals surface area (Å²) in [7, 11) is 0. The normalized spacial score (nSPS) is 14.9. The van der Waals surface area contributed by atoms with Gasteiger partial charge in [-0.3, -0.25) is 0 Å². The predicted octanol–water partition coefficient (Wildman–Crippen LogP) is 13.6. The average Bonchev–Trinajstić information content (AvgIpc) is 3.96. The molecule has 2 nitrogen and oxygen atoms in total. The van der Waals surface area contributed by atoms with Gasteiger partial charge >= 0.3 is 0 Å². The highest BCUT2D eigenvalue weighted by Gasteiger charge is 2.19. The quantitative estimate of drug-likeness (QED) is 0.175. The largest absolute Gasteiger partial charge is 0.309 e. The summed E-state index contributed by atoms with van der Waals surface area (Å²) in [5.74, 6) is 0. The van der Waals surface area contributed by atoms with Crippen molar-refractivity contribution >= 4 is 75.1 Å². The van der Waals surface area contributed by atoms with E-state index in [0.29, 0.717) is 11.0 Å². The molecule has 51 heavy (non-hydrogen) atoms. The summed E-state index contributed by atoms with van der Waals surface area (Å²) in [6.07, 6.45) is 0. The van der Waals surface area contributed by atoms with Gasteiger partial charge in [-0.2, -0.15) is 0 Å². The van der Waals surface area contributed by atoms with E-state index in [1.807, 2.05) is 66.7 Å². The zero-order valence-corrected chi connectivity index (χ0v) is 27.6. The van der Waals surface area contributed by atoms with Crippen molar-refractivity contribution in [2.24, 2.45) is 0 Å². The molecule has 11 rings (SSSR count). The van der Waals surface area contributed by atoms with Crippen LogP contribution in [0.1, 0.15) is 15.1 Å². The number of benzene rings is 8. The van der Waals surface area contributed by atoms with Crippen molar-refractivity contribution < 1.29 is 15.1 Å². The number of hydrogen-bond donors (Lipinski definition) is 0. The highest BCUT2D eigenvalue weighted by molar-refractivity contribution is 7.26. The molecule has 11 aromatic rings. The minimum Gasteiger partial charge on any atom is -0.309 e. The lowest BCUT2D eigenvalue weighted by atomic mass is 10.0. The molecular formula is C48H30N2S. The molecule has 0 N–H and O–H groups in total. The van der Waals surface area contributed by atoms with Crippen molar-refractivity contribution in [1.29, 1.82) is 0 Å². The van der Waals surface area contributed by atoms with Crippen molar-refractivity contribution in [2.75, 3.05) is 0 Å². The van der Waals surface area contributed by atoms with Gasteiger partial charge in [0.2, 0.25) is 0 Å². The van der Waals surface area contributed by atoms with Crippen LogP contribution in [0.5, 0.6) is 0 Å². The van der Waals surface area contributed by atoms with Crippen molar-refractivity contribution in [3.8, 4) is 33.6 Å². The van der Waals surface area contributed by atoms with Crippen molar-refractivity contribution in [1.82, 2.24) is 9.13 Å². The zero-order chi connectivity index (χ0) is 43.0. The van der Waals surface area contributed by atoms with Crippen LogP contribution >= 0.6 is 11.3 Å². The minimum atomic E-state index is -0.598. The molecule has 0 saturated carbocycles. The van der Waals surface area contributed by atoms with E-state index in [-0.39, 0.29) is 61.2 Å². The van der Waals surface area contributed by atoms with E-state index in [0.717, 1.165) is 60.7 Å². The maximum Gasteiger partial charge on any atom is 0.0652 e. The van der Waals surface area contributed by atoms with E-state index in [1.165, 1.54) is 0 Å². The van der Waals surface area contributed by atoms with E-state index in [9.17, 15) is 2.74 Å². The number of fused-ring (bicyclic) bond motifs is 9. The summed E-state index contributed by atoms with van der Waals surface area (Å²) in [6.45, 7) is 0. The van der Waals surface area contributed by atoms with Crippen LogP contribution in [0, 0.1) is 0 Å². The summed E-state index contributed by atoms with van der Waals surface area (Å²) in [6, 6.07) is 33.7. The monoisotopic (exact) mass is 677 g/mol. The number of para-hydroxylation sites is 3. The van der Waals surface area contributed by atoms with E-state index >= 15 is 0 Å². The van der Waals surface area contributed by atoms with Crippen LogP contribution in [0.25, 0.3) is 97.4 Å². The first-order valence-corrected chi connectivity index (χ1v) is 17.4. The topological polar surface area (TPSA) is 9.86 Å². The molecule has 0 saturated heterocycles. The van der Waals surface area contributed by atoms with Gasteiger partial charge in [0.25, 0.3) is 0 Å². The number of rotatable bonds is 4. The molecule has 8 aromatic carbocycles. The number of thiophene rings is 1. The summed E-state index contributed by atoms with van der Waals surface area (Å²) >= 11 is 0.925. The lowest BCUT2D eigenvalue weighted by Gasteiger charge is -2.13. The SMILES string of the molecule is [2H]c1c([2H])c([2H])c(-c2c([2H])c(-n3c4ccccc4c4cc(-c5ccc6c(c5)c5ccccc5n6-c5ccccc5)ccc43)c([2H])c3c2sc2c([2H])c([2H])c([2H])c([2H])c23)c([2H])c1[2H]. The Morgan fingerprint density at radius 2 is 0.980 bits per heavy atom. The maximum absolute atomic E-state index is 9.93. The molecule has 0 aliphatic carbocycles. The fourth-order valence-corrected chi connectivity index (χ4v) is 8.58. The average molecular weight is 678 g/mol. The Balaban J connectivity index is 1.22. The Morgan fingerprint density at radius 1 is 0.412 bits per heavy atom. The third-order valence-electron chi connectivity index (χ3n) is 9.71. The Bertz CT molecular complexity index is 3750. The van der Waals surface area contributed by atoms with Gasteiger partial charge in [-0.15, -0.1) is 11.3 Å². The van der Waals surface area contributed by atoms with Gasteiger partial charge in [0.05, 0.1) is 37.1 Å². The number of hydrogen-bond acceptors (Lipinski definition) is 1. The Morgan fingerprint density at radius 3 is 1.67 bits per heavy atom. The van der Waals surface area contributed by atoms with Crippen molar-refractivity contribution in [3.63, 3.8) is 0 Å². The number of aromatic nitrogens is 2. The molecule has 238 valence electrons. The second-order valence-corrected chi connectivity index (χ2v) is 13.5. The zero-order valence-electron chi connectivity index (χ0n) is 37.8. The van der Waals surface area contributed by atoms with Crippen LogP contribution in [-0.4, -0.2) is 9.13 Å². The van der Waals surface area contributed by atoms with Gasteiger partial charge in [-0.25, -0.2) is 0 Å². The highest BCUT2D eigenvalue weighted by atomic mass is 32.1. The fourth-order valence-electron chi connectivity index (χ4n) is 7.50. The van der Waals surface area contributed by atoms with E-state index in [4.69, 9.17) is 12.3 Å². The standard InChI is InChI=1S/C48H30N2S/c1-3-13-31(14-4-1)39-29-35(30-42-38-19-9-12-22-47(38)51-48(39)42)50-44-21-11-8-18-37(44)41-28-33(24-26-46(41)50)32-23-25-45-40(27-32)36-17-7-10-20-43(36)49(45)34-15-5-2-6-16-34/h1-30H/i1D,3D,4D,9D,12D,13D,14D,19D,22D,29D,30D. The van der Waals surface area contributed by atoms with Gasteiger partial charge in [0.15, 0.2) is 0 Å². The lowest BCUT2D eigenvalue weighted by molar-refractivity contribution is 1.18. The maximum atomic E-state index is 9.93. The summed E-state index contributed by atoms with van der Waals surface area (Å²) in [5, 5.41) is 4.04. The predicted molar refractivity (Wildman–Crippen MR) is 219 cm³/mol. The minimum absolute atomic E-state index is 0.0421. The Hall–Kier alpha value is -6.42. The van der Waals surface area contributed by atoms with Gasteiger partial charge in [-0.05, 0) is 83.3 Å². The molecule has 3 heterocycles. The first-order chi connectivity index (χ1) is 29.9. The van der Waals surface area contributed by atoms with Crippen LogP contribution in [0.4, 0.5) is 0 Å². The summed E-state index contributed by atoms with van der Waals surface area (Å²) in [5.41, 5.74) is 6.18. The molecule has 3 aromatic heterocycles. The molecule has 0 radical (unpaired) electrons. The Kier molecular flexibility index (Phi) is 4.26. The molecule has 0 spiro atoms. The number of nitrogens with zero attached hydrogens (tertiary/aromatic N) is 2. The Labute approximate surface area is 314 Å². The first-order valence-electron chi connectivity index (χ1n) is 22.0. The lowest BCUT2D eigenvalue weighted by Crippen LogP contribution is -1.95. The van der Waals surface area contributed by atoms with Crippen LogP contribution in [0.2, 0.25) is 0 Å². The van der Waals surface area contributed by atoms with Crippen LogP contribution < -0.4 is 0 Å². The molecule has 0 aliphatic heterocycles. The molecular weight excluding hydrogens is 637 g/mol. The molecule has 0 fully saturated rings. The molecule has 0 atom stereocenters. The molecule has 0 aliphatic rings. The van der Waals surface area contributed by atoms with Gasteiger partial charge in [0.1, 0.15) is 0 Å². The molecule has 0 bridgehead atoms. The summed E-state index contributed by atoms with van der Waals surface area (Å²) in [4.78, 5) is 0. The first kappa shape index (κ1) is 19.7. The third-order valence-corrected chi connectivity index (χ3v) is 10.8. The second-order valence-electron chi connectivity index (χ2n) is 12.5. The molecule has 3 heteroatoms. The van der Waals surface area contributed by atoms with Crippen LogP contribution in [0.3, 0.4) is 0 Å². The fraction of sp³-hybridized carbons (Fsp3) is 0. The van der Waals surface area contributed by atoms with Crippen LogP contribution in [0.15, 0.2) is 182 Å². The smallest absolute Gasteiger partial charge is 0.0652 e. The van der Waals surface area contributed by atoms with Crippen molar-refractivity contribution in [3.05, 3.63) is 182 Å². The van der Waals surface area contributed by atoms with E-state index < -0.39 is 42.3 Å². The third kappa shape index (κ3) is 4.29. The van der Waals surface area contributed by atoms with E-state index in [2.05, 4.69) is 53.1 Å². The van der Waals surface area contributed by atoms with Crippen molar-refractivity contribution in [2.45, 2.75) is 0 Å². The second kappa shape index (κ2) is 11.0.